The maximum Gasteiger partial charge on any atom is 0.254 e. The Morgan fingerprint density at radius 3 is 2.84 bits per heavy atom. The molecule has 1 aliphatic heterocycles. The third kappa shape index (κ3) is 3.17. The van der Waals surface area contributed by atoms with Gasteiger partial charge in [0.05, 0.1) is 11.3 Å². The van der Waals surface area contributed by atoms with Crippen molar-refractivity contribution in [1.29, 1.82) is 0 Å². The molecule has 3 aromatic rings. The first kappa shape index (κ1) is 15.9. The number of rotatable bonds is 2. The van der Waals surface area contributed by atoms with Gasteiger partial charge in [-0.2, -0.15) is 11.3 Å². The fourth-order valence-electron chi connectivity index (χ4n) is 3.18. The molecule has 4 nitrogen and oxygen atoms in total. The summed E-state index contributed by atoms with van der Waals surface area (Å²) in [6.07, 6.45) is 2.86. The molecule has 0 saturated carbocycles. The second kappa shape index (κ2) is 6.72. The molecule has 0 bridgehead atoms. The third-order valence-corrected chi connectivity index (χ3v) is 5.12. The molecular weight excluding hydrogens is 337 g/mol. The van der Waals surface area contributed by atoms with Crippen LogP contribution in [0.3, 0.4) is 0 Å². The minimum atomic E-state index is -0.284. The zero-order valence-corrected chi connectivity index (χ0v) is 14.3. The lowest BCUT2D eigenvalue weighted by molar-refractivity contribution is 0.0763. The van der Waals surface area contributed by atoms with Gasteiger partial charge in [0.1, 0.15) is 12.1 Å². The molecule has 4 rings (SSSR count). The van der Waals surface area contributed by atoms with Gasteiger partial charge in [-0.1, -0.05) is 12.1 Å². The molecule has 0 N–H and O–H groups in total. The molecule has 1 amide bonds. The second-order valence-corrected chi connectivity index (χ2v) is 6.74. The van der Waals surface area contributed by atoms with Gasteiger partial charge in [-0.15, -0.1) is 0 Å². The fraction of sp³-hybridized carbons (Fsp3) is 0.211. The molecule has 25 heavy (non-hydrogen) atoms. The van der Waals surface area contributed by atoms with E-state index in [1.807, 2.05) is 27.8 Å². The SMILES string of the molecule is O=C(c1ccsc1)N1CCc2ncnc(-c3cccc(F)c3)c2CC1. The molecule has 0 radical (unpaired) electrons. The highest BCUT2D eigenvalue weighted by atomic mass is 32.1. The van der Waals surface area contributed by atoms with Gasteiger partial charge in [-0.25, -0.2) is 14.4 Å². The molecule has 3 heterocycles. The number of hydrogen-bond donors (Lipinski definition) is 0. The van der Waals surface area contributed by atoms with E-state index in [0.717, 1.165) is 28.1 Å². The van der Waals surface area contributed by atoms with Gasteiger partial charge in [0.25, 0.3) is 5.91 Å². The molecule has 0 atom stereocenters. The lowest BCUT2D eigenvalue weighted by Gasteiger charge is -2.19. The van der Waals surface area contributed by atoms with Gasteiger partial charge in [0.2, 0.25) is 0 Å². The molecule has 0 saturated heterocycles. The van der Waals surface area contributed by atoms with Crippen LogP contribution in [-0.4, -0.2) is 33.9 Å². The lowest BCUT2D eigenvalue weighted by Crippen LogP contribution is -2.33. The van der Waals surface area contributed by atoms with E-state index >= 15 is 0 Å². The summed E-state index contributed by atoms with van der Waals surface area (Å²) in [5, 5.41) is 3.78. The average Bonchev–Trinajstić information content (AvgIpc) is 3.07. The number of halogens is 1. The molecule has 6 heteroatoms. The summed E-state index contributed by atoms with van der Waals surface area (Å²) in [4.78, 5) is 23.3. The van der Waals surface area contributed by atoms with Gasteiger partial charge >= 0.3 is 0 Å². The highest BCUT2D eigenvalue weighted by molar-refractivity contribution is 7.08. The Labute approximate surface area is 149 Å². The van der Waals surface area contributed by atoms with Gasteiger partial charge in [-0.3, -0.25) is 4.79 Å². The van der Waals surface area contributed by atoms with Crippen LogP contribution in [0.1, 0.15) is 21.6 Å². The molecule has 1 aromatic carbocycles. The molecule has 0 spiro atoms. The first-order chi connectivity index (χ1) is 12.2. The van der Waals surface area contributed by atoms with E-state index in [9.17, 15) is 9.18 Å². The zero-order chi connectivity index (χ0) is 17.2. The number of nitrogens with zero attached hydrogens (tertiary/aromatic N) is 3. The standard InChI is InChI=1S/C19H16FN3OS/c20-15-3-1-2-13(10-15)18-16-4-7-23(8-5-17(16)21-12-22-18)19(24)14-6-9-25-11-14/h1-3,6,9-12H,4-5,7-8H2. The molecule has 1 aliphatic rings. The van der Waals surface area contributed by atoms with Crippen LogP contribution in [0.2, 0.25) is 0 Å². The Balaban J connectivity index is 1.64. The van der Waals surface area contributed by atoms with E-state index in [1.54, 1.807) is 6.07 Å². The van der Waals surface area contributed by atoms with Crippen LogP contribution in [-0.2, 0) is 12.8 Å². The van der Waals surface area contributed by atoms with Crippen molar-refractivity contribution in [2.45, 2.75) is 12.8 Å². The fourth-order valence-corrected chi connectivity index (χ4v) is 3.81. The van der Waals surface area contributed by atoms with Crippen molar-refractivity contribution in [2.24, 2.45) is 0 Å². The predicted octanol–water partition coefficient (Wildman–Crippen LogP) is 3.59. The van der Waals surface area contributed by atoms with Gasteiger partial charge in [0.15, 0.2) is 0 Å². The second-order valence-electron chi connectivity index (χ2n) is 5.96. The smallest absolute Gasteiger partial charge is 0.254 e. The Morgan fingerprint density at radius 1 is 1.16 bits per heavy atom. The number of aromatic nitrogens is 2. The van der Waals surface area contributed by atoms with Crippen LogP contribution >= 0.6 is 11.3 Å². The molecule has 0 unspecified atom stereocenters. The maximum absolute atomic E-state index is 13.6. The van der Waals surface area contributed by atoms with Crippen LogP contribution in [0.15, 0.2) is 47.4 Å². The largest absolute Gasteiger partial charge is 0.338 e. The third-order valence-electron chi connectivity index (χ3n) is 4.44. The zero-order valence-electron chi connectivity index (χ0n) is 13.5. The topological polar surface area (TPSA) is 46.1 Å². The van der Waals surface area contributed by atoms with Gasteiger partial charge < -0.3 is 4.90 Å². The lowest BCUT2D eigenvalue weighted by atomic mass is 10.0. The van der Waals surface area contributed by atoms with Crippen LogP contribution in [0.5, 0.6) is 0 Å². The van der Waals surface area contributed by atoms with Crippen molar-refractivity contribution in [2.75, 3.05) is 13.1 Å². The Morgan fingerprint density at radius 2 is 2.04 bits per heavy atom. The summed E-state index contributed by atoms with van der Waals surface area (Å²) in [5.41, 5.74) is 4.18. The summed E-state index contributed by atoms with van der Waals surface area (Å²) in [6, 6.07) is 8.29. The van der Waals surface area contributed by atoms with E-state index in [2.05, 4.69) is 9.97 Å². The number of carbonyl (C=O) groups is 1. The summed E-state index contributed by atoms with van der Waals surface area (Å²) in [5.74, 6) is -0.234. The van der Waals surface area contributed by atoms with E-state index in [0.29, 0.717) is 25.9 Å². The number of hydrogen-bond acceptors (Lipinski definition) is 4. The molecule has 2 aromatic heterocycles. The van der Waals surface area contributed by atoms with Crippen LogP contribution in [0.25, 0.3) is 11.3 Å². The summed E-state index contributed by atoms with van der Waals surface area (Å²) in [6.45, 7) is 1.23. The summed E-state index contributed by atoms with van der Waals surface area (Å²) in [7, 11) is 0. The Hall–Kier alpha value is -2.60. The normalized spacial score (nSPS) is 14.0. The monoisotopic (exact) mass is 353 g/mol. The molecular formula is C19H16FN3OS. The van der Waals surface area contributed by atoms with Crippen LogP contribution in [0.4, 0.5) is 4.39 Å². The van der Waals surface area contributed by atoms with E-state index in [1.165, 1.54) is 29.8 Å². The minimum absolute atomic E-state index is 0.0503. The van der Waals surface area contributed by atoms with Gasteiger partial charge in [0, 0.05) is 41.7 Å². The number of amides is 1. The van der Waals surface area contributed by atoms with Gasteiger partial charge in [-0.05, 0) is 30.0 Å². The predicted molar refractivity (Wildman–Crippen MR) is 95.1 cm³/mol. The first-order valence-corrected chi connectivity index (χ1v) is 9.07. The van der Waals surface area contributed by atoms with Crippen molar-refractivity contribution in [3.8, 4) is 11.3 Å². The van der Waals surface area contributed by atoms with E-state index in [4.69, 9.17) is 0 Å². The number of benzene rings is 1. The quantitative estimate of drug-likeness (QED) is 0.707. The Kier molecular flexibility index (Phi) is 4.28. The van der Waals surface area contributed by atoms with Crippen molar-refractivity contribution >= 4 is 17.2 Å². The van der Waals surface area contributed by atoms with E-state index in [-0.39, 0.29) is 11.7 Å². The molecule has 0 fully saturated rings. The first-order valence-electron chi connectivity index (χ1n) is 8.12. The number of thiophene rings is 1. The highest BCUT2D eigenvalue weighted by Gasteiger charge is 2.23. The van der Waals surface area contributed by atoms with Crippen molar-refractivity contribution in [3.63, 3.8) is 0 Å². The average molecular weight is 353 g/mol. The van der Waals surface area contributed by atoms with Crippen molar-refractivity contribution in [3.05, 3.63) is 70.1 Å². The molecule has 126 valence electrons. The minimum Gasteiger partial charge on any atom is -0.338 e. The number of carbonyl (C=O) groups excluding carboxylic acids is 1. The van der Waals surface area contributed by atoms with Crippen LogP contribution < -0.4 is 0 Å². The number of fused-ring (bicyclic) bond motifs is 1. The van der Waals surface area contributed by atoms with E-state index < -0.39 is 0 Å². The Bertz CT molecular complexity index is 911. The van der Waals surface area contributed by atoms with Crippen molar-refractivity contribution < 1.29 is 9.18 Å². The summed E-state index contributed by atoms with van der Waals surface area (Å²) >= 11 is 1.52. The molecule has 0 aliphatic carbocycles. The highest BCUT2D eigenvalue weighted by Crippen LogP contribution is 2.26. The van der Waals surface area contributed by atoms with Crippen molar-refractivity contribution in [1.82, 2.24) is 14.9 Å². The summed E-state index contributed by atoms with van der Waals surface area (Å²) < 4.78 is 13.6. The van der Waals surface area contributed by atoms with Crippen LogP contribution in [0, 0.1) is 5.82 Å². The maximum atomic E-state index is 13.6.